The van der Waals surface area contributed by atoms with Gasteiger partial charge in [0.05, 0.1) is 6.10 Å². The van der Waals surface area contributed by atoms with Gasteiger partial charge < -0.3 is 10.8 Å². The molecule has 0 aliphatic carbocycles. The zero-order chi connectivity index (χ0) is 13.0. The Morgan fingerprint density at radius 1 is 1.28 bits per heavy atom. The van der Waals surface area contributed by atoms with E-state index in [2.05, 4.69) is 4.98 Å². The van der Waals surface area contributed by atoms with Gasteiger partial charge in [0, 0.05) is 6.20 Å². The fourth-order valence-electron chi connectivity index (χ4n) is 1.97. The van der Waals surface area contributed by atoms with E-state index >= 15 is 0 Å². The number of rotatable bonds is 4. The SMILES string of the molecule is Cc1cnc(N)c(CCC(O)c2ccccc2)c1. The molecule has 1 aromatic heterocycles. The van der Waals surface area contributed by atoms with E-state index < -0.39 is 6.10 Å². The van der Waals surface area contributed by atoms with Crippen molar-refractivity contribution in [2.45, 2.75) is 25.9 Å². The number of anilines is 1. The van der Waals surface area contributed by atoms with Crippen LogP contribution >= 0.6 is 0 Å². The minimum absolute atomic E-state index is 0.453. The normalized spacial score (nSPS) is 12.3. The van der Waals surface area contributed by atoms with Crippen molar-refractivity contribution in [3.63, 3.8) is 0 Å². The first-order valence-corrected chi connectivity index (χ1v) is 6.11. The molecule has 0 saturated carbocycles. The van der Waals surface area contributed by atoms with E-state index in [4.69, 9.17) is 5.73 Å². The van der Waals surface area contributed by atoms with Crippen LogP contribution in [0.15, 0.2) is 42.6 Å². The number of hydrogen-bond acceptors (Lipinski definition) is 3. The number of nitrogens with two attached hydrogens (primary N) is 1. The summed E-state index contributed by atoms with van der Waals surface area (Å²) in [6, 6.07) is 11.7. The third-order valence-corrected chi connectivity index (χ3v) is 3.01. The number of aryl methyl sites for hydroxylation is 2. The maximum absolute atomic E-state index is 10.1. The molecule has 18 heavy (non-hydrogen) atoms. The van der Waals surface area contributed by atoms with Crippen molar-refractivity contribution in [2.24, 2.45) is 0 Å². The van der Waals surface area contributed by atoms with E-state index in [1.807, 2.05) is 43.3 Å². The molecule has 0 fully saturated rings. The van der Waals surface area contributed by atoms with E-state index in [-0.39, 0.29) is 0 Å². The smallest absolute Gasteiger partial charge is 0.126 e. The van der Waals surface area contributed by atoms with Gasteiger partial charge in [-0.1, -0.05) is 36.4 Å². The molecule has 0 radical (unpaired) electrons. The molecule has 2 rings (SSSR count). The molecule has 0 aliphatic heterocycles. The highest BCUT2D eigenvalue weighted by Crippen LogP contribution is 2.20. The Hall–Kier alpha value is -1.87. The summed E-state index contributed by atoms with van der Waals surface area (Å²) in [5, 5.41) is 10.1. The lowest BCUT2D eigenvalue weighted by Gasteiger charge is -2.12. The second-order valence-electron chi connectivity index (χ2n) is 4.52. The molecule has 0 amide bonds. The first-order chi connectivity index (χ1) is 8.66. The summed E-state index contributed by atoms with van der Waals surface area (Å²) in [5.41, 5.74) is 8.86. The van der Waals surface area contributed by atoms with Crippen LogP contribution in [0.5, 0.6) is 0 Å². The van der Waals surface area contributed by atoms with Gasteiger partial charge in [-0.25, -0.2) is 4.98 Å². The third-order valence-electron chi connectivity index (χ3n) is 3.01. The summed E-state index contributed by atoms with van der Waals surface area (Å²) in [7, 11) is 0. The molecule has 0 spiro atoms. The number of aromatic nitrogens is 1. The van der Waals surface area contributed by atoms with Crippen LogP contribution in [0.1, 0.15) is 29.2 Å². The predicted molar refractivity (Wildman–Crippen MR) is 73.1 cm³/mol. The third kappa shape index (κ3) is 3.08. The van der Waals surface area contributed by atoms with Crippen LogP contribution in [0.25, 0.3) is 0 Å². The maximum Gasteiger partial charge on any atom is 0.126 e. The lowest BCUT2D eigenvalue weighted by molar-refractivity contribution is 0.168. The second-order valence-corrected chi connectivity index (χ2v) is 4.52. The van der Waals surface area contributed by atoms with Crippen LogP contribution < -0.4 is 5.73 Å². The number of benzene rings is 1. The average molecular weight is 242 g/mol. The summed E-state index contributed by atoms with van der Waals surface area (Å²) in [5.74, 6) is 0.556. The molecule has 1 atom stereocenters. The summed E-state index contributed by atoms with van der Waals surface area (Å²) >= 11 is 0. The van der Waals surface area contributed by atoms with Crippen molar-refractivity contribution in [1.82, 2.24) is 4.98 Å². The summed E-state index contributed by atoms with van der Waals surface area (Å²) in [6.45, 7) is 1.99. The molecular formula is C15H18N2O. The van der Waals surface area contributed by atoms with Gasteiger partial charge in [0.15, 0.2) is 0 Å². The standard InChI is InChI=1S/C15H18N2O/c1-11-9-13(15(16)17-10-11)7-8-14(18)12-5-3-2-4-6-12/h2-6,9-10,14,18H,7-8H2,1H3,(H2,16,17). The van der Waals surface area contributed by atoms with Crippen molar-refractivity contribution in [3.05, 3.63) is 59.3 Å². The van der Waals surface area contributed by atoms with Crippen LogP contribution in [0.3, 0.4) is 0 Å². The zero-order valence-corrected chi connectivity index (χ0v) is 10.5. The second kappa shape index (κ2) is 5.65. The van der Waals surface area contributed by atoms with Gasteiger partial charge in [-0.2, -0.15) is 0 Å². The van der Waals surface area contributed by atoms with E-state index in [1.165, 1.54) is 0 Å². The predicted octanol–water partition coefficient (Wildman–Crippen LogP) is 2.64. The molecular weight excluding hydrogens is 224 g/mol. The molecule has 1 unspecified atom stereocenters. The van der Waals surface area contributed by atoms with Crippen LogP contribution in [0, 0.1) is 6.92 Å². The molecule has 0 saturated heterocycles. The molecule has 94 valence electrons. The van der Waals surface area contributed by atoms with Gasteiger partial charge in [-0.05, 0) is 36.5 Å². The number of nitrogen functional groups attached to an aromatic ring is 1. The quantitative estimate of drug-likeness (QED) is 0.866. The Morgan fingerprint density at radius 3 is 2.72 bits per heavy atom. The summed E-state index contributed by atoms with van der Waals surface area (Å²) < 4.78 is 0. The Labute approximate surface area is 107 Å². The minimum Gasteiger partial charge on any atom is -0.388 e. The average Bonchev–Trinajstić information content (AvgIpc) is 2.40. The van der Waals surface area contributed by atoms with E-state index in [0.29, 0.717) is 12.2 Å². The molecule has 3 heteroatoms. The fraction of sp³-hybridized carbons (Fsp3) is 0.267. The molecule has 0 bridgehead atoms. The van der Waals surface area contributed by atoms with Crippen LogP contribution in [0.4, 0.5) is 5.82 Å². The van der Waals surface area contributed by atoms with Crippen molar-refractivity contribution < 1.29 is 5.11 Å². The lowest BCUT2D eigenvalue weighted by Crippen LogP contribution is -2.03. The van der Waals surface area contributed by atoms with Crippen LogP contribution in [0.2, 0.25) is 0 Å². The first kappa shape index (κ1) is 12.6. The van der Waals surface area contributed by atoms with Crippen molar-refractivity contribution in [2.75, 3.05) is 5.73 Å². The maximum atomic E-state index is 10.1. The number of pyridine rings is 1. The van der Waals surface area contributed by atoms with E-state index in [9.17, 15) is 5.11 Å². The minimum atomic E-state index is -0.453. The molecule has 2 aromatic rings. The molecule has 1 heterocycles. The first-order valence-electron chi connectivity index (χ1n) is 6.11. The van der Waals surface area contributed by atoms with Crippen LogP contribution in [-0.4, -0.2) is 10.1 Å². The number of aliphatic hydroxyl groups excluding tert-OH is 1. The van der Waals surface area contributed by atoms with Gasteiger partial charge in [0.2, 0.25) is 0 Å². The van der Waals surface area contributed by atoms with Crippen molar-refractivity contribution in [3.8, 4) is 0 Å². The number of nitrogens with zero attached hydrogens (tertiary/aromatic N) is 1. The molecule has 3 N–H and O–H groups in total. The van der Waals surface area contributed by atoms with Gasteiger partial charge in [-0.3, -0.25) is 0 Å². The number of hydrogen-bond donors (Lipinski definition) is 2. The van der Waals surface area contributed by atoms with Gasteiger partial charge >= 0.3 is 0 Å². The summed E-state index contributed by atoms with van der Waals surface area (Å²) in [6.07, 6.45) is 2.69. The van der Waals surface area contributed by atoms with E-state index in [1.54, 1.807) is 6.20 Å². The van der Waals surface area contributed by atoms with E-state index in [0.717, 1.165) is 23.1 Å². The number of aliphatic hydroxyl groups is 1. The lowest BCUT2D eigenvalue weighted by atomic mass is 10.0. The van der Waals surface area contributed by atoms with Gasteiger partial charge in [-0.15, -0.1) is 0 Å². The Morgan fingerprint density at radius 2 is 2.00 bits per heavy atom. The van der Waals surface area contributed by atoms with Crippen LogP contribution in [-0.2, 0) is 6.42 Å². The molecule has 3 nitrogen and oxygen atoms in total. The highest BCUT2D eigenvalue weighted by molar-refractivity contribution is 5.40. The zero-order valence-electron chi connectivity index (χ0n) is 10.5. The highest BCUT2D eigenvalue weighted by atomic mass is 16.3. The summed E-state index contributed by atoms with van der Waals surface area (Å²) in [4.78, 5) is 4.13. The Bertz CT molecular complexity index is 511. The monoisotopic (exact) mass is 242 g/mol. The Kier molecular flexibility index (Phi) is 3.95. The molecule has 1 aromatic carbocycles. The topological polar surface area (TPSA) is 59.1 Å². The molecule has 0 aliphatic rings. The van der Waals surface area contributed by atoms with Gasteiger partial charge in [0.1, 0.15) is 5.82 Å². The van der Waals surface area contributed by atoms with Gasteiger partial charge in [0.25, 0.3) is 0 Å². The largest absolute Gasteiger partial charge is 0.388 e. The Balaban J connectivity index is 2.01. The van der Waals surface area contributed by atoms with Crippen molar-refractivity contribution in [1.29, 1.82) is 0 Å². The fourth-order valence-corrected chi connectivity index (χ4v) is 1.97. The van der Waals surface area contributed by atoms with Crippen molar-refractivity contribution >= 4 is 5.82 Å². The highest BCUT2D eigenvalue weighted by Gasteiger charge is 2.09.